The summed E-state index contributed by atoms with van der Waals surface area (Å²) in [5.74, 6) is -0.579. The SMILES string of the molecule is CCNC(=O)CN(CC)S(=O)(=O)c1ccc(NC(C)=O)cc1. The number of carbonyl (C=O) groups excluding carboxylic acids is 2. The Labute approximate surface area is 130 Å². The predicted octanol–water partition coefficient (Wildman–Crippen LogP) is 0.792. The molecule has 2 amide bonds. The van der Waals surface area contributed by atoms with Crippen LogP contribution in [-0.4, -0.2) is 44.2 Å². The smallest absolute Gasteiger partial charge is 0.243 e. The van der Waals surface area contributed by atoms with Crippen LogP contribution in [0.3, 0.4) is 0 Å². The number of amides is 2. The molecule has 0 aromatic heterocycles. The van der Waals surface area contributed by atoms with Crippen molar-refractivity contribution in [3.05, 3.63) is 24.3 Å². The predicted molar refractivity (Wildman–Crippen MR) is 83.9 cm³/mol. The van der Waals surface area contributed by atoms with Crippen molar-refractivity contribution in [2.75, 3.05) is 25.0 Å². The van der Waals surface area contributed by atoms with Crippen LogP contribution in [0.4, 0.5) is 5.69 Å². The van der Waals surface area contributed by atoms with Crippen LogP contribution in [0, 0.1) is 0 Å². The molecule has 0 bridgehead atoms. The third kappa shape index (κ3) is 4.81. The summed E-state index contributed by atoms with van der Waals surface area (Å²) in [5.41, 5.74) is 0.512. The number of likely N-dealkylation sites (N-methyl/N-ethyl adjacent to an activating group) is 2. The number of carbonyl (C=O) groups is 2. The molecular weight excluding hydrogens is 306 g/mol. The number of anilines is 1. The molecule has 0 aliphatic rings. The lowest BCUT2D eigenvalue weighted by atomic mass is 10.3. The van der Waals surface area contributed by atoms with E-state index in [1.54, 1.807) is 13.8 Å². The van der Waals surface area contributed by atoms with Crippen LogP contribution in [0.5, 0.6) is 0 Å². The van der Waals surface area contributed by atoms with Crippen molar-refractivity contribution in [1.29, 1.82) is 0 Å². The van der Waals surface area contributed by atoms with Gasteiger partial charge in [-0.25, -0.2) is 8.42 Å². The van der Waals surface area contributed by atoms with Gasteiger partial charge in [-0.2, -0.15) is 4.31 Å². The van der Waals surface area contributed by atoms with Gasteiger partial charge in [-0.05, 0) is 31.2 Å². The van der Waals surface area contributed by atoms with Crippen LogP contribution >= 0.6 is 0 Å². The lowest BCUT2D eigenvalue weighted by Gasteiger charge is -2.20. The molecule has 22 heavy (non-hydrogen) atoms. The maximum Gasteiger partial charge on any atom is 0.243 e. The van der Waals surface area contributed by atoms with Gasteiger partial charge in [0.25, 0.3) is 0 Å². The summed E-state index contributed by atoms with van der Waals surface area (Å²) in [5, 5.41) is 5.14. The van der Waals surface area contributed by atoms with Gasteiger partial charge in [-0.1, -0.05) is 6.92 Å². The highest BCUT2D eigenvalue weighted by atomic mass is 32.2. The Morgan fingerprint density at radius 1 is 1.14 bits per heavy atom. The van der Waals surface area contributed by atoms with Gasteiger partial charge < -0.3 is 10.6 Å². The van der Waals surface area contributed by atoms with E-state index in [2.05, 4.69) is 10.6 Å². The Bertz CT molecular complexity index is 626. The molecule has 0 heterocycles. The van der Waals surface area contributed by atoms with Crippen molar-refractivity contribution in [2.45, 2.75) is 25.7 Å². The largest absolute Gasteiger partial charge is 0.355 e. The molecule has 2 N–H and O–H groups in total. The van der Waals surface area contributed by atoms with E-state index >= 15 is 0 Å². The second-order valence-electron chi connectivity index (χ2n) is 4.59. The molecule has 1 aromatic rings. The minimum Gasteiger partial charge on any atom is -0.355 e. The van der Waals surface area contributed by atoms with Crippen molar-refractivity contribution < 1.29 is 18.0 Å². The van der Waals surface area contributed by atoms with Gasteiger partial charge in [0.05, 0.1) is 11.4 Å². The maximum atomic E-state index is 12.5. The highest BCUT2D eigenvalue weighted by molar-refractivity contribution is 7.89. The van der Waals surface area contributed by atoms with E-state index in [9.17, 15) is 18.0 Å². The van der Waals surface area contributed by atoms with Gasteiger partial charge in [-0.3, -0.25) is 9.59 Å². The lowest BCUT2D eigenvalue weighted by Crippen LogP contribution is -2.40. The Kier molecular flexibility index (Phi) is 6.51. The minimum atomic E-state index is -3.75. The first-order chi connectivity index (χ1) is 10.3. The molecule has 0 fully saturated rings. The van der Waals surface area contributed by atoms with Crippen LogP contribution < -0.4 is 10.6 Å². The first kappa shape index (κ1) is 18.1. The molecule has 0 aliphatic carbocycles. The Morgan fingerprint density at radius 2 is 1.73 bits per heavy atom. The van der Waals surface area contributed by atoms with Crippen LogP contribution in [-0.2, 0) is 19.6 Å². The summed E-state index contributed by atoms with van der Waals surface area (Å²) in [4.78, 5) is 22.6. The number of sulfonamides is 1. The summed E-state index contributed by atoms with van der Waals surface area (Å²) in [6.07, 6.45) is 0. The fourth-order valence-corrected chi connectivity index (χ4v) is 3.25. The Balaban J connectivity index is 2.95. The second-order valence-corrected chi connectivity index (χ2v) is 6.53. The summed E-state index contributed by atoms with van der Waals surface area (Å²) in [6.45, 7) is 5.22. The quantitative estimate of drug-likeness (QED) is 0.774. The highest BCUT2D eigenvalue weighted by Gasteiger charge is 2.24. The van der Waals surface area contributed by atoms with Crippen molar-refractivity contribution in [3.63, 3.8) is 0 Å². The van der Waals surface area contributed by atoms with Gasteiger partial charge >= 0.3 is 0 Å². The molecular formula is C14H21N3O4S. The summed E-state index contributed by atoms with van der Waals surface area (Å²) in [7, 11) is -3.75. The molecule has 0 aliphatic heterocycles. The van der Waals surface area contributed by atoms with Crippen molar-refractivity contribution in [3.8, 4) is 0 Å². The van der Waals surface area contributed by atoms with E-state index in [4.69, 9.17) is 0 Å². The zero-order valence-electron chi connectivity index (χ0n) is 12.9. The van der Waals surface area contributed by atoms with Gasteiger partial charge in [0.2, 0.25) is 21.8 Å². The first-order valence-corrected chi connectivity index (χ1v) is 8.39. The fraction of sp³-hybridized carbons (Fsp3) is 0.429. The summed E-state index contributed by atoms with van der Waals surface area (Å²) in [6, 6.07) is 5.82. The van der Waals surface area contributed by atoms with Crippen LogP contribution in [0.25, 0.3) is 0 Å². The summed E-state index contributed by atoms with van der Waals surface area (Å²) < 4.78 is 26.1. The molecule has 0 saturated carbocycles. The molecule has 0 atom stereocenters. The summed E-state index contributed by atoms with van der Waals surface area (Å²) >= 11 is 0. The third-order valence-corrected chi connectivity index (χ3v) is 4.79. The number of nitrogens with one attached hydrogen (secondary N) is 2. The first-order valence-electron chi connectivity index (χ1n) is 6.95. The molecule has 0 saturated heterocycles. The van der Waals surface area contributed by atoms with Crippen molar-refractivity contribution in [2.24, 2.45) is 0 Å². The Hall–Kier alpha value is -1.93. The van der Waals surface area contributed by atoms with E-state index in [-0.39, 0.29) is 29.8 Å². The lowest BCUT2D eigenvalue weighted by molar-refractivity contribution is -0.121. The van der Waals surface area contributed by atoms with E-state index in [0.29, 0.717) is 12.2 Å². The van der Waals surface area contributed by atoms with E-state index in [0.717, 1.165) is 4.31 Å². The van der Waals surface area contributed by atoms with Crippen molar-refractivity contribution in [1.82, 2.24) is 9.62 Å². The Morgan fingerprint density at radius 3 is 2.18 bits per heavy atom. The third-order valence-electron chi connectivity index (χ3n) is 2.86. The zero-order valence-corrected chi connectivity index (χ0v) is 13.7. The average molecular weight is 327 g/mol. The number of nitrogens with zero attached hydrogens (tertiary/aromatic N) is 1. The van der Waals surface area contributed by atoms with Crippen LogP contribution in [0.1, 0.15) is 20.8 Å². The van der Waals surface area contributed by atoms with Crippen LogP contribution in [0.2, 0.25) is 0 Å². The molecule has 0 spiro atoms. The molecule has 0 unspecified atom stereocenters. The zero-order chi connectivity index (χ0) is 16.8. The van der Waals surface area contributed by atoms with Gasteiger partial charge in [0, 0.05) is 25.7 Å². The molecule has 1 rings (SSSR count). The maximum absolute atomic E-state index is 12.5. The van der Waals surface area contributed by atoms with E-state index in [1.165, 1.54) is 31.2 Å². The molecule has 0 radical (unpaired) electrons. The van der Waals surface area contributed by atoms with E-state index in [1.807, 2.05) is 0 Å². The number of hydrogen-bond acceptors (Lipinski definition) is 4. The average Bonchev–Trinajstić information content (AvgIpc) is 2.44. The minimum absolute atomic E-state index is 0.0766. The molecule has 1 aromatic carbocycles. The standard InChI is InChI=1S/C14H21N3O4S/c1-4-15-14(19)10-17(5-2)22(20,21)13-8-6-12(7-9-13)16-11(3)18/h6-9H,4-5,10H2,1-3H3,(H,15,19)(H,16,18). The van der Waals surface area contributed by atoms with Gasteiger partial charge in [-0.15, -0.1) is 0 Å². The monoisotopic (exact) mass is 327 g/mol. The van der Waals surface area contributed by atoms with Gasteiger partial charge in [0.15, 0.2) is 0 Å². The van der Waals surface area contributed by atoms with Gasteiger partial charge in [0.1, 0.15) is 0 Å². The van der Waals surface area contributed by atoms with E-state index < -0.39 is 10.0 Å². The topological polar surface area (TPSA) is 95.6 Å². The fourth-order valence-electron chi connectivity index (χ4n) is 1.84. The molecule has 122 valence electrons. The number of hydrogen-bond donors (Lipinski definition) is 2. The van der Waals surface area contributed by atoms with Crippen LogP contribution in [0.15, 0.2) is 29.2 Å². The molecule has 7 nitrogen and oxygen atoms in total. The van der Waals surface area contributed by atoms with Crippen molar-refractivity contribution >= 4 is 27.5 Å². The normalized spacial score (nSPS) is 11.3. The highest BCUT2D eigenvalue weighted by Crippen LogP contribution is 2.18. The number of benzene rings is 1. The molecule has 8 heteroatoms. The second kappa shape index (κ2) is 7.90. The number of rotatable bonds is 7.